The lowest BCUT2D eigenvalue weighted by Crippen LogP contribution is -2.64. The first-order valence-corrected chi connectivity index (χ1v) is 21.5. The molecule has 2 aromatic carbocycles. The Kier molecular flexibility index (Phi) is 9.72. The minimum atomic E-state index is -0.755. The fraction of sp³-hybridized carbons (Fsp3) is 0.489. The SMILES string of the molecule is Cc1c(-c2ccc(-c3ccc4c(c3)N(C(=O)Nc3nc5ccccc5s3)CCO4)nc2C(=O)OC(C)(C)C)cnn1CC12CC3(C)CC(C)(C1)CC(OCCN=[N+]=[N-])(C3)C2. The molecule has 5 aromatic rings. The number of aromatic nitrogens is 4. The smallest absolute Gasteiger partial charge is 0.358 e. The quantitative estimate of drug-likeness (QED) is 0.0477. The van der Waals surface area contributed by atoms with E-state index in [1.54, 1.807) is 4.90 Å². The van der Waals surface area contributed by atoms with E-state index in [-0.39, 0.29) is 33.6 Å². The highest BCUT2D eigenvalue weighted by molar-refractivity contribution is 7.22. The Morgan fingerprint density at radius 2 is 1.78 bits per heavy atom. The Balaban J connectivity index is 1.02. The highest BCUT2D eigenvalue weighted by Crippen LogP contribution is 2.72. The van der Waals surface area contributed by atoms with E-state index in [4.69, 9.17) is 29.8 Å². The molecule has 2 amide bonds. The lowest BCUT2D eigenvalue weighted by atomic mass is 9.39. The number of thiazole rings is 1. The highest BCUT2D eigenvalue weighted by atomic mass is 32.1. The summed E-state index contributed by atoms with van der Waals surface area (Å²) in [6.07, 6.45) is 8.17. The van der Waals surface area contributed by atoms with Crippen molar-refractivity contribution in [1.29, 1.82) is 0 Å². The van der Waals surface area contributed by atoms with Crippen LogP contribution in [0.3, 0.4) is 0 Å². The summed E-state index contributed by atoms with van der Waals surface area (Å²) in [6.45, 7) is 14.6. The average Bonchev–Trinajstić information content (AvgIpc) is 3.75. The number of amides is 2. The maximum atomic E-state index is 14.1. The second kappa shape index (κ2) is 14.6. The second-order valence-corrected chi connectivity index (χ2v) is 20.2. The second-order valence-electron chi connectivity index (χ2n) is 19.2. The molecule has 3 aromatic heterocycles. The number of hydrogen-bond donors (Lipinski definition) is 1. The predicted octanol–water partition coefficient (Wildman–Crippen LogP) is 10.4. The normalized spacial score (nSPS) is 25.4. The van der Waals surface area contributed by atoms with Crippen LogP contribution in [0.25, 0.3) is 43.0 Å². The van der Waals surface area contributed by atoms with E-state index in [2.05, 4.69) is 45.8 Å². The van der Waals surface area contributed by atoms with Gasteiger partial charge >= 0.3 is 12.0 Å². The number of hydrogen-bond acceptors (Lipinski definition) is 10. The lowest BCUT2D eigenvalue weighted by Gasteiger charge is -2.69. The van der Waals surface area contributed by atoms with E-state index in [0.717, 1.165) is 60.1 Å². The van der Waals surface area contributed by atoms with Crippen LogP contribution in [0.1, 0.15) is 89.3 Å². The average molecular weight is 830 g/mol. The summed E-state index contributed by atoms with van der Waals surface area (Å²) in [5.74, 6) is 0.0375. The fourth-order valence-corrected chi connectivity index (χ4v) is 12.5. The van der Waals surface area contributed by atoms with Gasteiger partial charge in [0.05, 0.1) is 46.5 Å². The van der Waals surface area contributed by atoms with Gasteiger partial charge in [-0.1, -0.05) is 42.4 Å². The minimum Gasteiger partial charge on any atom is -0.490 e. The van der Waals surface area contributed by atoms with Gasteiger partial charge in [-0.15, -0.1) is 0 Å². The van der Waals surface area contributed by atoms with E-state index < -0.39 is 11.6 Å². The molecule has 2 atom stereocenters. The first kappa shape index (κ1) is 39.9. The summed E-state index contributed by atoms with van der Waals surface area (Å²) in [6, 6.07) is 16.9. The number of rotatable bonds is 10. The molecule has 1 N–H and O–H groups in total. The van der Waals surface area contributed by atoms with Crippen LogP contribution in [0.15, 0.2) is 65.9 Å². The maximum Gasteiger partial charge on any atom is 0.358 e. The van der Waals surface area contributed by atoms with Crippen LogP contribution in [-0.4, -0.2) is 69.3 Å². The van der Waals surface area contributed by atoms with Crippen molar-refractivity contribution in [2.24, 2.45) is 21.4 Å². The molecule has 15 heteroatoms. The molecule has 2 unspecified atom stereocenters. The molecular formula is C45H51N9O5S. The molecule has 312 valence electrons. The third-order valence-corrected chi connectivity index (χ3v) is 13.5. The molecule has 4 saturated carbocycles. The van der Waals surface area contributed by atoms with E-state index in [1.165, 1.54) is 17.8 Å². The summed E-state index contributed by atoms with van der Waals surface area (Å²) in [4.78, 5) is 41.9. The number of azide groups is 1. The lowest BCUT2D eigenvalue weighted by molar-refractivity contribution is -0.247. The molecule has 4 fully saturated rings. The Morgan fingerprint density at radius 3 is 2.53 bits per heavy atom. The zero-order chi connectivity index (χ0) is 42.1. The van der Waals surface area contributed by atoms with Gasteiger partial charge in [-0.25, -0.2) is 19.6 Å². The zero-order valence-electron chi connectivity index (χ0n) is 35.1. The van der Waals surface area contributed by atoms with Gasteiger partial charge in [-0.2, -0.15) is 5.10 Å². The maximum absolute atomic E-state index is 14.1. The van der Waals surface area contributed by atoms with Crippen LogP contribution in [0.2, 0.25) is 0 Å². The van der Waals surface area contributed by atoms with Crippen LogP contribution in [0, 0.1) is 23.2 Å². The molecule has 10 rings (SSSR count). The van der Waals surface area contributed by atoms with Gasteiger partial charge in [0.25, 0.3) is 0 Å². The minimum absolute atomic E-state index is 0.0176. The van der Waals surface area contributed by atoms with Crippen molar-refractivity contribution < 1.29 is 23.8 Å². The number of benzene rings is 2. The Morgan fingerprint density at radius 1 is 1.00 bits per heavy atom. The summed E-state index contributed by atoms with van der Waals surface area (Å²) < 4.78 is 21.7. The fourth-order valence-electron chi connectivity index (χ4n) is 11.7. The monoisotopic (exact) mass is 829 g/mol. The molecule has 4 heterocycles. The molecule has 60 heavy (non-hydrogen) atoms. The van der Waals surface area contributed by atoms with Crippen molar-refractivity contribution >= 4 is 44.4 Å². The van der Waals surface area contributed by atoms with Crippen molar-refractivity contribution in [3.63, 3.8) is 0 Å². The molecule has 4 bridgehead atoms. The van der Waals surface area contributed by atoms with Crippen molar-refractivity contribution in [2.45, 2.75) is 97.8 Å². The number of fused-ring (bicyclic) bond motifs is 2. The van der Waals surface area contributed by atoms with Crippen LogP contribution in [0.5, 0.6) is 5.75 Å². The highest BCUT2D eigenvalue weighted by Gasteiger charge is 2.66. The van der Waals surface area contributed by atoms with Crippen molar-refractivity contribution in [1.82, 2.24) is 19.7 Å². The number of ether oxygens (including phenoxy) is 3. The Hall–Kier alpha value is -5.50. The molecule has 4 aliphatic carbocycles. The van der Waals surface area contributed by atoms with Gasteiger partial charge < -0.3 is 14.2 Å². The number of nitrogens with zero attached hydrogens (tertiary/aromatic N) is 8. The van der Waals surface area contributed by atoms with Crippen LogP contribution >= 0.6 is 11.3 Å². The van der Waals surface area contributed by atoms with Crippen molar-refractivity contribution in [3.05, 3.63) is 82.6 Å². The van der Waals surface area contributed by atoms with Gasteiger partial charge in [-0.3, -0.25) is 14.9 Å². The van der Waals surface area contributed by atoms with Gasteiger partial charge in [0.15, 0.2) is 10.8 Å². The molecule has 5 aliphatic rings. The summed E-state index contributed by atoms with van der Waals surface area (Å²) in [5, 5.41) is 12.2. The number of carbonyl (C=O) groups excluding carboxylic acids is 2. The zero-order valence-corrected chi connectivity index (χ0v) is 35.9. The van der Waals surface area contributed by atoms with Crippen LogP contribution < -0.4 is 15.0 Å². The Labute approximate surface area is 353 Å². The number of nitrogens with one attached hydrogen (secondary N) is 1. The summed E-state index contributed by atoms with van der Waals surface area (Å²) in [5.41, 5.74) is 13.4. The number of esters is 1. The van der Waals surface area contributed by atoms with Crippen molar-refractivity contribution in [3.8, 4) is 28.1 Å². The molecule has 0 spiro atoms. The number of carbonyl (C=O) groups is 2. The van der Waals surface area contributed by atoms with Crippen LogP contribution in [0.4, 0.5) is 15.6 Å². The van der Waals surface area contributed by atoms with E-state index in [9.17, 15) is 9.59 Å². The van der Waals surface area contributed by atoms with Crippen LogP contribution in [-0.2, 0) is 16.0 Å². The molecular weight excluding hydrogens is 779 g/mol. The van der Waals surface area contributed by atoms with E-state index in [1.807, 2.05) is 81.6 Å². The Bertz CT molecular complexity index is 2520. The topological polar surface area (TPSA) is 169 Å². The number of pyridine rings is 1. The van der Waals surface area contributed by atoms with Crippen molar-refractivity contribution in [2.75, 3.05) is 36.5 Å². The summed E-state index contributed by atoms with van der Waals surface area (Å²) >= 11 is 1.42. The predicted molar refractivity (Wildman–Crippen MR) is 231 cm³/mol. The standard InChI is InChI=1S/C45H51N9O5S/c1-28-31(20-48-54(28)27-44-22-42(5)21-43(6,23-44)25-45(24-42,26-44)58-17-15-47-52-46)30-12-13-32(49-37(30)38(55)59-41(2,3)4)29-11-14-35-34(19-29)53(16-18-57-35)40(56)51-39-50-33-9-7-8-10-36(33)60-39/h7-14,19-20H,15-18,21-27H2,1-6H3,(H,50,51,56). The number of para-hydroxylation sites is 1. The first-order chi connectivity index (χ1) is 28.6. The third-order valence-electron chi connectivity index (χ3n) is 12.6. The molecule has 1 aliphatic heterocycles. The van der Waals surface area contributed by atoms with Gasteiger partial charge in [0, 0.05) is 40.4 Å². The molecule has 0 saturated heterocycles. The number of urea groups is 1. The van der Waals surface area contributed by atoms with E-state index >= 15 is 0 Å². The number of anilines is 2. The molecule has 0 radical (unpaired) electrons. The van der Waals surface area contributed by atoms with Gasteiger partial charge in [0.1, 0.15) is 18.0 Å². The molecule has 14 nitrogen and oxygen atoms in total. The van der Waals surface area contributed by atoms with E-state index in [0.29, 0.717) is 59.7 Å². The van der Waals surface area contributed by atoms with Gasteiger partial charge in [-0.05, 0) is 130 Å². The van der Waals surface area contributed by atoms with Gasteiger partial charge in [0.2, 0.25) is 0 Å². The summed E-state index contributed by atoms with van der Waals surface area (Å²) in [7, 11) is 0. The first-order valence-electron chi connectivity index (χ1n) is 20.7. The largest absolute Gasteiger partial charge is 0.490 e. The third kappa shape index (κ3) is 7.58.